The Morgan fingerprint density at radius 3 is 2.67 bits per heavy atom. The monoisotopic (exact) mass is 489 g/mol. The number of aryl methyl sites for hydroxylation is 1. The minimum Gasteiger partial charge on any atom is -0.483 e. The van der Waals surface area contributed by atoms with E-state index in [9.17, 15) is 9.59 Å². The van der Waals surface area contributed by atoms with Crippen LogP contribution in [0.2, 0.25) is 0 Å². The van der Waals surface area contributed by atoms with Crippen molar-refractivity contribution < 1.29 is 19.1 Å². The van der Waals surface area contributed by atoms with E-state index in [-0.39, 0.29) is 30.2 Å². The number of nitrogens with one attached hydrogen (secondary N) is 1. The molecule has 0 bridgehead atoms. The Kier molecular flexibility index (Phi) is 8.84. The van der Waals surface area contributed by atoms with Crippen LogP contribution in [0.4, 0.5) is 5.13 Å². The Bertz CT molecular complexity index is 1080. The molecule has 3 rings (SSSR count). The molecule has 0 aliphatic rings. The normalized spacial score (nSPS) is 11.8. The van der Waals surface area contributed by atoms with Crippen molar-refractivity contribution in [2.45, 2.75) is 44.9 Å². The highest BCUT2D eigenvalue weighted by atomic mass is 32.2. The Morgan fingerprint density at radius 2 is 1.97 bits per heavy atom. The molecule has 1 amide bonds. The van der Waals surface area contributed by atoms with Gasteiger partial charge in [-0.3, -0.25) is 9.59 Å². The summed E-state index contributed by atoms with van der Waals surface area (Å²) in [6.45, 7) is 6.10. The molecule has 2 heterocycles. The number of hydrogen-bond donors (Lipinski definition) is 1. The van der Waals surface area contributed by atoms with Gasteiger partial charge in [0.2, 0.25) is 5.91 Å². The summed E-state index contributed by atoms with van der Waals surface area (Å²) >= 11 is 2.54. The molecule has 176 valence electrons. The lowest BCUT2D eigenvalue weighted by atomic mass is 10.2. The second-order valence-corrected chi connectivity index (χ2v) is 8.92. The molecule has 9 nitrogen and oxygen atoms in total. The van der Waals surface area contributed by atoms with Gasteiger partial charge in [-0.05, 0) is 38.0 Å². The van der Waals surface area contributed by atoms with Crippen molar-refractivity contribution in [3.8, 4) is 5.75 Å². The maximum absolute atomic E-state index is 12.3. The van der Waals surface area contributed by atoms with Crippen molar-refractivity contribution in [1.82, 2.24) is 19.7 Å². The lowest BCUT2D eigenvalue weighted by molar-refractivity contribution is -0.142. The second kappa shape index (κ2) is 11.8. The standard InChI is InChI=1S/C22H27N5O4S2/c1-5-15-7-9-17(10-8-15)31-14(3)20-25-26-22(27(20)4)33-13-18(28)24-21-23-16(12-32-21)11-19(29)30-6-2/h7-10,12,14H,5-6,11,13H2,1-4H3,(H,23,24,28). The molecule has 1 unspecified atom stereocenters. The Hall–Kier alpha value is -2.92. The van der Waals surface area contributed by atoms with Crippen LogP contribution in [0.3, 0.4) is 0 Å². The van der Waals surface area contributed by atoms with Gasteiger partial charge >= 0.3 is 5.97 Å². The van der Waals surface area contributed by atoms with Gasteiger partial charge in [0.05, 0.1) is 24.5 Å². The predicted molar refractivity (Wildman–Crippen MR) is 128 cm³/mol. The average Bonchev–Trinajstić information content (AvgIpc) is 3.38. The number of rotatable bonds is 11. The van der Waals surface area contributed by atoms with Crippen LogP contribution in [0, 0.1) is 0 Å². The number of thioether (sulfide) groups is 1. The number of carbonyl (C=O) groups is 2. The fourth-order valence-corrected chi connectivity index (χ4v) is 4.40. The number of esters is 1. The van der Waals surface area contributed by atoms with Gasteiger partial charge in [-0.2, -0.15) is 0 Å². The van der Waals surface area contributed by atoms with Crippen LogP contribution < -0.4 is 10.1 Å². The summed E-state index contributed by atoms with van der Waals surface area (Å²) < 4.78 is 12.7. The Balaban J connectivity index is 1.51. The molecule has 2 aromatic heterocycles. The number of amides is 1. The topological polar surface area (TPSA) is 108 Å². The quantitative estimate of drug-likeness (QED) is 0.320. The number of hydrogen-bond acceptors (Lipinski definition) is 9. The van der Waals surface area contributed by atoms with Gasteiger partial charge in [0.15, 0.2) is 22.2 Å². The van der Waals surface area contributed by atoms with E-state index in [0.29, 0.717) is 28.4 Å². The number of anilines is 1. The van der Waals surface area contributed by atoms with Crippen LogP contribution >= 0.6 is 23.1 Å². The molecule has 1 atom stereocenters. The number of nitrogens with zero attached hydrogens (tertiary/aromatic N) is 4. The fourth-order valence-electron chi connectivity index (χ4n) is 2.96. The summed E-state index contributed by atoms with van der Waals surface area (Å²) in [5.74, 6) is 1.02. The molecule has 3 aromatic rings. The van der Waals surface area contributed by atoms with Gasteiger partial charge < -0.3 is 19.4 Å². The van der Waals surface area contributed by atoms with E-state index in [2.05, 4.69) is 27.4 Å². The van der Waals surface area contributed by atoms with Crippen LogP contribution in [0.1, 0.15) is 44.0 Å². The number of aromatic nitrogens is 4. The zero-order chi connectivity index (χ0) is 23.8. The zero-order valence-corrected chi connectivity index (χ0v) is 20.7. The number of carbonyl (C=O) groups excluding carboxylic acids is 2. The molecular weight excluding hydrogens is 462 g/mol. The van der Waals surface area contributed by atoms with E-state index >= 15 is 0 Å². The highest BCUT2D eigenvalue weighted by Gasteiger charge is 2.18. The molecule has 0 aliphatic heterocycles. The maximum atomic E-state index is 12.3. The van der Waals surface area contributed by atoms with Gasteiger partial charge in [0.25, 0.3) is 0 Å². The molecule has 1 aromatic carbocycles. The zero-order valence-electron chi connectivity index (χ0n) is 19.0. The van der Waals surface area contributed by atoms with E-state index < -0.39 is 0 Å². The first-order chi connectivity index (χ1) is 15.9. The largest absolute Gasteiger partial charge is 0.483 e. The first-order valence-corrected chi connectivity index (χ1v) is 12.4. The minimum absolute atomic E-state index is 0.0830. The molecule has 0 radical (unpaired) electrons. The maximum Gasteiger partial charge on any atom is 0.311 e. The first-order valence-electron chi connectivity index (χ1n) is 10.6. The van der Waals surface area contributed by atoms with E-state index in [1.165, 1.54) is 28.7 Å². The van der Waals surface area contributed by atoms with Gasteiger partial charge in [-0.25, -0.2) is 4.98 Å². The molecule has 0 fully saturated rings. The van der Waals surface area contributed by atoms with Crippen LogP contribution in [0.25, 0.3) is 0 Å². The lowest BCUT2D eigenvalue weighted by Gasteiger charge is -2.14. The van der Waals surface area contributed by atoms with Crippen molar-refractivity contribution in [1.29, 1.82) is 0 Å². The average molecular weight is 490 g/mol. The van der Waals surface area contributed by atoms with Gasteiger partial charge in [0.1, 0.15) is 5.75 Å². The van der Waals surface area contributed by atoms with E-state index in [1.807, 2.05) is 42.8 Å². The van der Waals surface area contributed by atoms with Crippen LogP contribution in [0.15, 0.2) is 34.8 Å². The molecule has 11 heteroatoms. The number of ether oxygens (including phenoxy) is 2. The second-order valence-electron chi connectivity index (χ2n) is 7.12. The van der Waals surface area contributed by atoms with Crippen LogP contribution in [0.5, 0.6) is 5.75 Å². The lowest BCUT2D eigenvalue weighted by Crippen LogP contribution is -2.15. The Labute approximate surface area is 200 Å². The highest BCUT2D eigenvalue weighted by molar-refractivity contribution is 7.99. The summed E-state index contributed by atoms with van der Waals surface area (Å²) in [7, 11) is 1.85. The van der Waals surface area contributed by atoms with E-state index in [1.54, 1.807) is 12.3 Å². The molecular formula is C22H27N5O4S2. The summed E-state index contributed by atoms with van der Waals surface area (Å²) in [5, 5.41) is 13.9. The summed E-state index contributed by atoms with van der Waals surface area (Å²) in [4.78, 5) is 28.1. The van der Waals surface area contributed by atoms with Crippen molar-refractivity contribution in [3.63, 3.8) is 0 Å². The van der Waals surface area contributed by atoms with Gasteiger partial charge in [0, 0.05) is 12.4 Å². The van der Waals surface area contributed by atoms with E-state index in [0.717, 1.165) is 12.2 Å². The fraction of sp³-hybridized carbons (Fsp3) is 0.409. The van der Waals surface area contributed by atoms with Crippen molar-refractivity contribution in [3.05, 3.63) is 46.7 Å². The smallest absolute Gasteiger partial charge is 0.311 e. The van der Waals surface area contributed by atoms with Gasteiger partial charge in [-0.15, -0.1) is 21.5 Å². The molecule has 0 saturated heterocycles. The minimum atomic E-state index is -0.342. The Morgan fingerprint density at radius 1 is 1.21 bits per heavy atom. The van der Waals surface area contributed by atoms with E-state index in [4.69, 9.17) is 9.47 Å². The van der Waals surface area contributed by atoms with Crippen molar-refractivity contribution >= 4 is 40.1 Å². The molecule has 0 aliphatic carbocycles. The van der Waals surface area contributed by atoms with Crippen molar-refractivity contribution in [2.24, 2.45) is 7.05 Å². The van der Waals surface area contributed by atoms with Gasteiger partial charge in [-0.1, -0.05) is 30.8 Å². The predicted octanol–water partition coefficient (Wildman–Crippen LogP) is 3.81. The molecule has 1 N–H and O–H groups in total. The summed E-state index contributed by atoms with van der Waals surface area (Å²) in [6, 6.07) is 7.98. The van der Waals surface area contributed by atoms with Crippen molar-refractivity contribution in [2.75, 3.05) is 17.7 Å². The molecule has 0 spiro atoms. The highest BCUT2D eigenvalue weighted by Crippen LogP contribution is 2.24. The van der Waals surface area contributed by atoms with Crippen LogP contribution in [-0.4, -0.2) is 44.0 Å². The number of benzene rings is 1. The third-order valence-corrected chi connectivity index (χ3v) is 6.46. The SMILES string of the molecule is CCOC(=O)Cc1csc(NC(=O)CSc2nnc(C(C)Oc3ccc(CC)cc3)n2C)n1. The number of thiazole rings is 1. The molecule has 0 saturated carbocycles. The first kappa shape index (κ1) is 24.7. The third-order valence-electron chi connectivity index (χ3n) is 4.64. The van der Waals surface area contributed by atoms with Crippen LogP contribution in [-0.2, 0) is 34.2 Å². The summed E-state index contributed by atoms with van der Waals surface area (Å²) in [5.41, 5.74) is 1.82. The third kappa shape index (κ3) is 7.03. The molecule has 33 heavy (non-hydrogen) atoms. The summed E-state index contributed by atoms with van der Waals surface area (Å²) in [6.07, 6.45) is 0.760.